The normalized spacial score (nSPS) is 19.6. The van der Waals surface area contributed by atoms with E-state index in [1.165, 1.54) is 95.6 Å². The van der Waals surface area contributed by atoms with Crippen molar-refractivity contribution >= 4 is 6.71 Å². The van der Waals surface area contributed by atoms with Crippen molar-refractivity contribution in [2.24, 2.45) is 0 Å². The fraction of sp³-hybridized carbons (Fsp3) is 0.917. The van der Waals surface area contributed by atoms with E-state index in [9.17, 15) is 0 Å². The third kappa shape index (κ3) is 7.42. The zero-order valence-corrected chi connectivity index (χ0v) is 19.6. The molecule has 1 heterocycles. The van der Waals surface area contributed by atoms with Gasteiger partial charge in [0.1, 0.15) is 6.71 Å². The van der Waals surface area contributed by atoms with Gasteiger partial charge in [0.15, 0.2) is 0 Å². The lowest BCUT2D eigenvalue weighted by Crippen LogP contribution is -2.42. The molecule has 0 spiro atoms. The molecule has 5 heteroatoms. The molecular formula is C24H46BN4+. The first-order valence-corrected chi connectivity index (χ1v) is 12.8. The molecule has 4 nitrogen and oxygen atoms in total. The number of aryl methyl sites for hydroxylation is 1. The minimum Gasteiger partial charge on any atom is -0.327 e. The molecule has 0 saturated heterocycles. The Balaban J connectivity index is 1.51. The summed E-state index contributed by atoms with van der Waals surface area (Å²) in [6, 6.07) is 0. The largest absolute Gasteiger partial charge is 0.327 e. The highest BCUT2D eigenvalue weighted by molar-refractivity contribution is 6.62. The monoisotopic (exact) mass is 401 g/mol. The number of quaternary nitrogens is 1. The predicted molar refractivity (Wildman–Crippen MR) is 125 cm³/mol. The van der Waals surface area contributed by atoms with E-state index in [2.05, 4.69) is 42.2 Å². The molecule has 0 N–H and O–H groups in total. The maximum Gasteiger partial charge on any atom is 0.146 e. The molecular weight excluding hydrogens is 355 g/mol. The summed E-state index contributed by atoms with van der Waals surface area (Å²) in [7, 11) is 4.68. The number of hydrogen-bond donors (Lipinski definition) is 0. The molecule has 0 aliphatic heterocycles. The molecule has 2 aliphatic rings. The first kappa shape index (κ1) is 22.8. The van der Waals surface area contributed by atoms with E-state index in [1.54, 1.807) is 0 Å². The van der Waals surface area contributed by atoms with Gasteiger partial charge in [0.25, 0.3) is 0 Å². The van der Waals surface area contributed by atoms with Gasteiger partial charge >= 0.3 is 0 Å². The second-order valence-corrected chi connectivity index (χ2v) is 10.7. The van der Waals surface area contributed by atoms with Crippen LogP contribution >= 0.6 is 0 Å². The van der Waals surface area contributed by atoms with Crippen LogP contribution in [0.1, 0.15) is 89.7 Å². The summed E-state index contributed by atoms with van der Waals surface area (Å²) in [6.07, 6.45) is 22.0. The van der Waals surface area contributed by atoms with Gasteiger partial charge in [-0.3, -0.25) is 0 Å². The Morgan fingerprint density at radius 3 is 2.17 bits per heavy atom. The molecule has 1 aromatic heterocycles. The first-order valence-electron chi connectivity index (χ1n) is 12.8. The van der Waals surface area contributed by atoms with Gasteiger partial charge in [-0.2, -0.15) is 0 Å². The fourth-order valence-corrected chi connectivity index (χ4v) is 5.93. The predicted octanol–water partition coefficient (Wildman–Crippen LogP) is 5.86. The third-order valence-corrected chi connectivity index (χ3v) is 7.88. The summed E-state index contributed by atoms with van der Waals surface area (Å²) in [5.41, 5.74) is 1.22. The number of rotatable bonds is 11. The van der Waals surface area contributed by atoms with Crippen molar-refractivity contribution in [2.75, 3.05) is 27.2 Å². The van der Waals surface area contributed by atoms with E-state index in [0.717, 1.165) is 42.3 Å². The fourth-order valence-electron chi connectivity index (χ4n) is 5.93. The molecule has 3 rings (SSSR count). The highest BCUT2D eigenvalue weighted by Crippen LogP contribution is 2.43. The molecule has 164 valence electrons. The van der Waals surface area contributed by atoms with Gasteiger partial charge in [-0.1, -0.05) is 101 Å². The molecule has 0 atom stereocenters. The van der Waals surface area contributed by atoms with Crippen LogP contribution in [0.15, 0.2) is 6.20 Å². The topological polar surface area (TPSA) is 30.7 Å². The van der Waals surface area contributed by atoms with Crippen LogP contribution in [0.2, 0.25) is 18.0 Å². The molecule has 2 aliphatic carbocycles. The van der Waals surface area contributed by atoms with Crippen LogP contribution in [0.4, 0.5) is 0 Å². The summed E-state index contributed by atoms with van der Waals surface area (Å²) in [4.78, 5) is 0. The minimum absolute atomic E-state index is 0.936. The Kier molecular flexibility index (Phi) is 9.08. The summed E-state index contributed by atoms with van der Waals surface area (Å²) < 4.78 is 3.17. The quantitative estimate of drug-likeness (QED) is 0.343. The van der Waals surface area contributed by atoms with E-state index in [0.29, 0.717) is 0 Å². The van der Waals surface area contributed by atoms with Crippen LogP contribution in [0.5, 0.6) is 0 Å². The summed E-state index contributed by atoms with van der Waals surface area (Å²) in [5.74, 6) is 1.97. The van der Waals surface area contributed by atoms with Crippen molar-refractivity contribution < 1.29 is 4.48 Å². The van der Waals surface area contributed by atoms with Crippen molar-refractivity contribution in [1.29, 1.82) is 0 Å². The van der Waals surface area contributed by atoms with Crippen molar-refractivity contribution in [3.8, 4) is 0 Å². The molecule has 2 fully saturated rings. The summed E-state index contributed by atoms with van der Waals surface area (Å²) in [5, 5.41) is 9.01. The molecule has 29 heavy (non-hydrogen) atoms. The molecule has 0 aromatic carbocycles. The molecule has 0 unspecified atom stereocenters. The lowest BCUT2D eigenvalue weighted by molar-refractivity contribution is -0.891. The van der Waals surface area contributed by atoms with Gasteiger partial charge in [0.2, 0.25) is 0 Å². The zero-order valence-electron chi connectivity index (χ0n) is 19.6. The lowest BCUT2D eigenvalue weighted by Gasteiger charge is -2.35. The third-order valence-electron chi connectivity index (χ3n) is 7.88. The number of aromatic nitrogens is 3. The van der Waals surface area contributed by atoms with Crippen LogP contribution in [0, 0.1) is 0 Å². The maximum absolute atomic E-state index is 4.55. The molecule has 0 amide bonds. The van der Waals surface area contributed by atoms with Crippen LogP contribution < -0.4 is 0 Å². The van der Waals surface area contributed by atoms with E-state index < -0.39 is 0 Å². The highest BCUT2D eigenvalue weighted by Gasteiger charge is 2.34. The first-order chi connectivity index (χ1) is 14.1. The van der Waals surface area contributed by atoms with Crippen molar-refractivity contribution in [2.45, 2.75) is 115 Å². The Bertz CT molecular complexity index is 555. The molecule has 0 radical (unpaired) electrons. The standard InChI is InChI=1S/C24H46BN4/c1-4-5-19-29(2,3)20-18-28-21-24(26-27-28)16-17-25(22-12-8-6-9-13-22)23-14-10-7-11-15-23/h21-23H,4-20H2,1-3H3/q+1. The Morgan fingerprint density at radius 2 is 1.59 bits per heavy atom. The second kappa shape index (κ2) is 11.5. The van der Waals surface area contributed by atoms with Gasteiger partial charge in [-0.15, -0.1) is 5.10 Å². The highest BCUT2D eigenvalue weighted by atomic mass is 15.4. The summed E-state index contributed by atoms with van der Waals surface area (Å²) >= 11 is 0. The molecule has 1 aromatic rings. The number of hydrogen-bond acceptors (Lipinski definition) is 2. The van der Waals surface area contributed by atoms with Gasteiger partial charge in [0.05, 0.1) is 39.4 Å². The smallest absolute Gasteiger partial charge is 0.146 e. The SMILES string of the molecule is CCCC[N+](C)(C)CCn1cc(CCB(C2CCCCC2)C2CCCCC2)nn1. The van der Waals surface area contributed by atoms with Crippen molar-refractivity contribution in [3.05, 3.63) is 11.9 Å². The van der Waals surface area contributed by atoms with E-state index >= 15 is 0 Å². The molecule has 2 saturated carbocycles. The lowest BCUT2D eigenvalue weighted by atomic mass is 9.28. The van der Waals surface area contributed by atoms with Gasteiger partial charge in [0, 0.05) is 6.20 Å². The Morgan fingerprint density at radius 1 is 0.966 bits per heavy atom. The van der Waals surface area contributed by atoms with E-state index in [1.807, 2.05) is 0 Å². The number of unbranched alkanes of at least 4 members (excludes halogenated alkanes) is 1. The average Bonchev–Trinajstić information content (AvgIpc) is 3.21. The van der Waals surface area contributed by atoms with Crippen molar-refractivity contribution in [3.63, 3.8) is 0 Å². The average molecular weight is 401 g/mol. The maximum atomic E-state index is 4.55. The Labute approximate surface area is 180 Å². The van der Waals surface area contributed by atoms with Crippen LogP contribution in [0.3, 0.4) is 0 Å². The van der Waals surface area contributed by atoms with E-state index in [4.69, 9.17) is 0 Å². The number of nitrogens with zero attached hydrogens (tertiary/aromatic N) is 4. The van der Waals surface area contributed by atoms with Gasteiger partial charge in [-0.05, 0) is 12.8 Å². The van der Waals surface area contributed by atoms with Gasteiger partial charge < -0.3 is 4.48 Å². The zero-order chi connectivity index (χ0) is 20.5. The number of likely N-dealkylation sites (N-methyl/N-ethyl adjacent to an activating group) is 1. The van der Waals surface area contributed by atoms with Crippen LogP contribution in [-0.4, -0.2) is 53.4 Å². The molecule has 0 bridgehead atoms. The minimum atomic E-state index is 0.936. The summed E-state index contributed by atoms with van der Waals surface area (Å²) in [6.45, 7) is 6.58. The Hall–Kier alpha value is -0.835. The van der Waals surface area contributed by atoms with Crippen LogP contribution in [0.25, 0.3) is 0 Å². The van der Waals surface area contributed by atoms with Crippen LogP contribution in [-0.2, 0) is 13.0 Å². The second-order valence-electron chi connectivity index (χ2n) is 10.7. The van der Waals surface area contributed by atoms with Gasteiger partial charge in [-0.25, -0.2) is 4.68 Å². The van der Waals surface area contributed by atoms with E-state index in [-0.39, 0.29) is 0 Å². The van der Waals surface area contributed by atoms with Crippen molar-refractivity contribution in [1.82, 2.24) is 15.0 Å².